The van der Waals surface area contributed by atoms with E-state index >= 15 is 0 Å². The summed E-state index contributed by atoms with van der Waals surface area (Å²) in [6.45, 7) is 5.38. The Hall–Kier alpha value is -0.910. The maximum atomic E-state index is 12.1. The van der Waals surface area contributed by atoms with Crippen LogP contribution in [-0.4, -0.2) is 14.0 Å². The van der Waals surface area contributed by atoms with Crippen molar-refractivity contribution in [1.82, 2.24) is 4.89 Å². The number of fused-ring (bicyclic) bond motifs is 1. The van der Waals surface area contributed by atoms with Gasteiger partial charge in [0.25, 0.3) is 10.0 Å². The lowest BCUT2D eigenvalue weighted by Gasteiger charge is -2.20. The SMILES string of the molecule is CC(C)(C)ONS(=O)(=O)c1ccc2c(c1)CCCC2. The van der Waals surface area contributed by atoms with E-state index in [4.69, 9.17) is 4.84 Å². The summed E-state index contributed by atoms with van der Waals surface area (Å²) in [7, 11) is -3.60. The van der Waals surface area contributed by atoms with Gasteiger partial charge in [-0.2, -0.15) is 0 Å². The zero-order valence-corrected chi connectivity index (χ0v) is 12.5. The van der Waals surface area contributed by atoms with E-state index in [0.29, 0.717) is 0 Å². The van der Waals surface area contributed by atoms with Gasteiger partial charge in [-0.25, -0.2) is 8.42 Å². The van der Waals surface area contributed by atoms with Gasteiger partial charge in [0.1, 0.15) is 0 Å². The summed E-state index contributed by atoms with van der Waals surface area (Å²) in [6, 6.07) is 5.33. The zero-order chi connectivity index (χ0) is 14.1. The lowest BCUT2D eigenvalue weighted by molar-refractivity contribution is -0.0357. The van der Waals surface area contributed by atoms with Crippen molar-refractivity contribution in [2.45, 2.75) is 57.0 Å². The van der Waals surface area contributed by atoms with Crippen LogP contribution in [0.25, 0.3) is 0 Å². The Bertz CT molecular complexity index is 559. The molecule has 0 saturated heterocycles. The number of aryl methyl sites for hydroxylation is 2. The summed E-state index contributed by atoms with van der Waals surface area (Å²) in [5.41, 5.74) is 1.85. The topological polar surface area (TPSA) is 55.4 Å². The maximum Gasteiger partial charge on any atom is 0.262 e. The van der Waals surface area contributed by atoms with Gasteiger partial charge in [0, 0.05) is 0 Å². The van der Waals surface area contributed by atoms with Crippen LogP contribution < -0.4 is 4.89 Å². The molecule has 0 fully saturated rings. The van der Waals surface area contributed by atoms with Crippen LogP contribution in [-0.2, 0) is 27.7 Å². The summed E-state index contributed by atoms with van der Waals surface area (Å²) in [4.78, 5) is 7.62. The van der Waals surface area contributed by atoms with Crippen molar-refractivity contribution in [2.24, 2.45) is 0 Å². The molecule has 2 rings (SSSR count). The van der Waals surface area contributed by atoms with Gasteiger partial charge >= 0.3 is 0 Å². The normalized spacial score (nSPS) is 16.2. The summed E-state index contributed by atoms with van der Waals surface area (Å²) in [5.74, 6) is 0. The molecule has 0 saturated carbocycles. The molecule has 0 atom stereocenters. The van der Waals surface area contributed by atoms with Crippen LogP contribution in [0.1, 0.15) is 44.7 Å². The standard InChI is InChI=1S/C14H21NO3S/c1-14(2,3)18-15-19(16,17)13-9-8-11-6-4-5-7-12(11)10-13/h8-10,15H,4-7H2,1-3H3. The second kappa shape index (κ2) is 5.23. The predicted molar refractivity (Wildman–Crippen MR) is 74.2 cm³/mol. The monoisotopic (exact) mass is 283 g/mol. The molecule has 4 nitrogen and oxygen atoms in total. The van der Waals surface area contributed by atoms with Crippen molar-refractivity contribution in [3.8, 4) is 0 Å². The van der Waals surface area contributed by atoms with Gasteiger partial charge in [-0.05, 0) is 69.7 Å². The summed E-state index contributed by atoms with van der Waals surface area (Å²) in [5, 5.41) is 0. The summed E-state index contributed by atoms with van der Waals surface area (Å²) in [6.07, 6.45) is 4.31. The molecular weight excluding hydrogens is 262 g/mol. The molecule has 0 spiro atoms. The minimum atomic E-state index is -3.60. The van der Waals surface area contributed by atoms with Gasteiger partial charge in [0.05, 0.1) is 10.5 Å². The van der Waals surface area contributed by atoms with Crippen molar-refractivity contribution in [1.29, 1.82) is 0 Å². The highest BCUT2D eigenvalue weighted by Gasteiger charge is 2.21. The van der Waals surface area contributed by atoms with E-state index in [1.807, 2.05) is 6.07 Å². The van der Waals surface area contributed by atoms with Crippen molar-refractivity contribution < 1.29 is 13.3 Å². The van der Waals surface area contributed by atoms with Gasteiger partial charge in [-0.1, -0.05) is 11.0 Å². The minimum absolute atomic E-state index is 0.275. The molecule has 1 aliphatic rings. The first-order valence-corrected chi connectivity index (χ1v) is 8.08. The van der Waals surface area contributed by atoms with Crippen LogP contribution in [0.5, 0.6) is 0 Å². The molecule has 1 aromatic carbocycles. The number of benzene rings is 1. The molecule has 5 heteroatoms. The second-order valence-corrected chi connectivity index (χ2v) is 7.58. The van der Waals surface area contributed by atoms with E-state index in [1.165, 1.54) is 12.0 Å². The highest BCUT2D eigenvalue weighted by atomic mass is 32.2. The molecule has 1 aromatic rings. The fourth-order valence-electron chi connectivity index (χ4n) is 2.10. The Morgan fingerprint density at radius 1 is 1.11 bits per heavy atom. The van der Waals surface area contributed by atoms with Crippen LogP contribution in [0.15, 0.2) is 23.1 Å². The molecule has 0 aromatic heterocycles. The fraction of sp³-hybridized carbons (Fsp3) is 0.571. The highest BCUT2D eigenvalue weighted by molar-refractivity contribution is 7.89. The van der Waals surface area contributed by atoms with Crippen LogP contribution in [0, 0.1) is 0 Å². The lowest BCUT2D eigenvalue weighted by atomic mass is 9.92. The van der Waals surface area contributed by atoms with E-state index in [-0.39, 0.29) is 4.90 Å². The predicted octanol–water partition coefficient (Wildman–Crippen LogP) is 2.57. The first-order valence-electron chi connectivity index (χ1n) is 6.59. The maximum absolute atomic E-state index is 12.1. The number of rotatable bonds is 3. The third-order valence-corrected chi connectivity index (χ3v) is 4.27. The number of sulfonamides is 1. The number of nitrogens with one attached hydrogen (secondary N) is 1. The second-order valence-electron chi connectivity index (χ2n) is 5.94. The Labute approximate surface area is 115 Å². The lowest BCUT2D eigenvalue weighted by Crippen LogP contribution is -2.33. The minimum Gasteiger partial charge on any atom is -0.281 e. The Balaban J connectivity index is 2.21. The van der Waals surface area contributed by atoms with Crippen molar-refractivity contribution in [3.63, 3.8) is 0 Å². The summed E-state index contributed by atoms with van der Waals surface area (Å²) < 4.78 is 24.3. The van der Waals surface area contributed by atoms with Crippen molar-refractivity contribution in [3.05, 3.63) is 29.3 Å². The average Bonchev–Trinajstić information content (AvgIpc) is 2.35. The molecule has 0 heterocycles. The molecule has 0 radical (unpaired) electrons. The van der Waals surface area contributed by atoms with E-state index in [0.717, 1.165) is 24.8 Å². The molecule has 1 N–H and O–H groups in total. The fourth-order valence-corrected chi connectivity index (χ4v) is 3.11. The molecule has 19 heavy (non-hydrogen) atoms. The molecular formula is C14H21NO3S. The largest absolute Gasteiger partial charge is 0.281 e. The summed E-state index contributed by atoms with van der Waals surface area (Å²) >= 11 is 0. The van der Waals surface area contributed by atoms with E-state index in [9.17, 15) is 8.42 Å². The Morgan fingerprint density at radius 2 is 1.74 bits per heavy atom. The van der Waals surface area contributed by atoms with Crippen LogP contribution in [0.4, 0.5) is 0 Å². The van der Waals surface area contributed by atoms with Crippen molar-refractivity contribution >= 4 is 10.0 Å². The van der Waals surface area contributed by atoms with Gasteiger partial charge in [0.2, 0.25) is 0 Å². The van der Waals surface area contributed by atoms with Crippen LogP contribution in [0.2, 0.25) is 0 Å². The quantitative estimate of drug-likeness (QED) is 0.867. The Kier molecular flexibility index (Phi) is 3.99. The number of hydrogen-bond acceptors (Lipinski definition) is 3. The molecule has 106 valence electrons. The highest BCUT2D eigenvalue weighted by Crippen LogP contribution is 2.24. The van der Waals surface area contributed by atoms with Gasteiger partial charge in [-0.3, -0.25) is 4.84 Å². The first kappa shape index (κ1) is 14.5. The third-order valence-electron chi connectivity index (χ3n) is 3.09. The molecule has 0 amide bonds. The molecule has 0 bridgehead atoms. The van der Waals surface area contributed by atoms with E-state index in [2.05, 4.69) is 4.89 Å². The van der Waals surface area contributed by atoms with Crippen LogP contribution in [0.3, 0.4) is 0 Å². The Morgan fingerprint density at radius 3 is 2.37 bits per heavy atom. The van der Waals surface area contributed by atoms with Crippen molar-refractivity contribution in [2.75, 3.05) is 0 Å². The van der Waals surface area contributed by atoms with E-state index in [1.54, 1.807) is 32.9 Å². The zero-order valence-electron chi connectivity index (χ0n) is 11.7. The van der Waals surface area contributed by atoms with Gasteiger partial charge in [-0.15, -0.1) is 0 Å². The third kappa shape index (κ3) is 3.78. The molecule has 1 aliphatic carbocycles. The average molecular weight is 283 g/mol. The smallest absolute Gasteiger partial charge is 0.262 e. The molecule has 0 unspecified atom stereocenters. The van der Waals surface area contributed by atoms with Crippen LogP contribution >= 0.6 is 0 Å². The van der Waals surface area contributed by atoms with E-state index < -0.39 is 15.6 Å². The van der Waals surface area contributed by atoms with Gasteiger partial charge in [0.15, 0.2) is 0 Å². The first-order chi connectivity index (χ1) is 8.78. The van der Waals surface area contributed by atoms with Gasteiger partial charge < -0.3 is 0 Å². The number of hydrogen-bond donors (Lipinski definition) is 1. The molecule has 0 aliphatic heterocycles.